The molecule has 1 aromatic carbocycles. The van der Waals surface area contributed by atoms with Crippen LogP contribution in [0.2, 0.25) is 0 Å². The van der Waals surface area contributed by atoms with E-state index in [0.717, 1.165) is 21.6 Å². The number of hydrogen-bond acceptors (Lipinski definition) is 3. The van der Waals surface area contributed by atoms with Crippen molar-refractivity contribution < 1.29 is 9.47 Å². The SMILES string of the molecule is COc1cc(CNC(C)C)cc(I)c1OC. The normalized spacial score (nSPS) is 10.6. The van der Waals surface area contributed by atoms with E-state index in [1.807, 2.05) is 6.07 Å². The van der Waals surface area contributed by atoms with Crippen LogP contribution in [0, 0.1) is 3.57 Å². The Bertz CT molecular complexity index is 353. The Labute approximate surface area is 111 Å². The van der Waals surface area contributed by atoms with Crippen molar-refractivity contribution >= 4 is 22.6 Å². The third-order valence-electron chi connectivity index (χ3n) is 2.21. The van der Waals surface area contributed by atoms with E-state index in [1.165, 1.54) is 5.56 Å². The van der Waals surface area contributed by atoms with E-state index in [-0.39, 0.29) is 0 Å². The monoisotopic (exact) mass is 335 g/mol. The van der Waals surface area contributed by atoms with E-state index < -0.39 is 0 Å². The van der Waals surface area contributed by atoms with Crippen molar-refractivity contribution in [3.8, 4) is 11.5 Å². The van der Waals surface area contributed by atoms with Crippen LogP contribution in [-0.4, -0.2) is 20.3 Å². The van der Waals surface area contributed by atoms with Crippen molar-refractivity contribution in [3.05, 3.63) is 21.3 Å². The van der Waals surface area contributed by atoms with E-state index in [9.17, 15) is 0 Å². The predicted molar refractivity (Wildman–Crippen MR) is 74.2 cm³/mol. The number of halogens is 1. The Morgan fingerprint density at radius 1 is 1.25 bits per heavy atom. The summed E-state index contributed by atoms with van der Waals surface area (Å²) in [6.45, 7) is 5.10. The summed E-state index contributed by atoms with van der Waals surface area (Å²) >= 11 is 2.26. The maximum absolute atomic E-state index is 5.31. The van der Waals surface area contributed by atoms with Crippen LogP contribution in [0.25, 0.3) is 0 Å². The minimum absolute atomic E-state index is 0.478. The van der Waals surface area contributed by atoms with Gasteiger partial charge in [0, 0.05) is 12.6 Å². The van der Waals surface area contributed by atoms with E-state index in [2.05, 4.69) is 47.8 Å². The second-order valence-electron chi connectivity index (χ2n) is 3.85. The molecule has 0 aromatic heterocycles. The molecule has 0 spiro atoms. The summed E-state index contributed by atoms with van der Waals surface area (Å²) < 4.78 is 11.7. The Balaban J connectivity index is 2.92. The van der Waals surface area contributed by atoms with Crippen molar-refractivity contribution in [2.45, 2.75) is 26.4 Å². The lowest BCUT2D eigenvalue weighted by Crippen LogP contribution is -2.21. The topological polar surface area (TPSA) is 30.5 Å². The Kier molecular flexibility index (Phi) is 5.34. The lowest BCUT2D eigenvalue weighted by molar-refractivity contribution is 0.352. The molecule has 0 aliphatic heterocycles. The molecule has 0 saturated heterocycles. The third kappa shape index (κ3) is 3.52. The second kappa shape index (κ2) is 6.30. The van der Waals surface area contributed by atoms with Crippen LogP contribution >= 0.6 is 22.6 Å². The highest BCUT2D eigenvalue weighted by Crippen LogP contribution is 2.33. The predicted octanol–water partition coefficient (Wildman–Crippen LogP) is 2.81. The highest BCUT2D eigenvalue weighted by molar-refractivity contribution is 14.1. The third-order valence-corrected chi connectivity index (χ3v) is 3.01. The number of benzene rings is 1. The van der Waals surface area contributed by atoms with Crippen LogP contribution in [0.4, 0.5) is 0 Å². The molecular weight excluding hydrogens is 317 g/mol. The zero-order valence-electron chi connectivity index (χ0n) is 10.1. The molecule has 90 valence electrons. The summed E-state index contributed by atoms with van der Waals surface area (Å²) in [7, 11) is 3.32. The number of nitrogens with one attached hydrogen (secondary N) is 1. The molecule has 0 radical (unpaired) electrons. The quantitative estimate of drug-likeness (QED) is 0.840. The molecule has 0 aliphatic carbocycles. The molecule has 16 heavy (non-hydrogen) atoms. The number of hydrogen-bond donors (Lipinski definition) is 1. The van der Waals surface area contributed by atoms with Gasteiger partial charge in [-0.3, -0.25) is 0 Å². The van der Waals surface area contributed by atoms with Crippen LogP contribution in [0.15, 0.2) is 12.1 Å². The van der Waals surface area contributed by atoms with E-state index in [1.54, 1.807) is 14.2 Å². The van der Waals surface area contributed by atoms with Gasteiger partial charge in [-0.05, 0) is 40.3 Å². The molecule has 1 rings (SSSR count). The number of methoxy groups -OCH3 is 2. The number of rotatable bonds is 5. The van der Waals surface area contributed by atoms with Gasteiger partial charge in [0.25, 0.3) is 0 Å². The van der Waals surface area contributed by atoms with Gasteiger partial charge < -0.3 is 14.8 Å². The number of ether oxygens (including phenoxy) is 2. The molecule has 0 heterocycles. The van der Waals surface area contributed by atoms with E-state index in [4.69, 9.17) is 9.47 Å². The minimum Gasteiger partial charge on any atom is -0.493 e. The van der Waals surface area contributed by atoms with Gasteiger partial charge in [-0.2, -0.15) is 0 Å². The molecule has 0 unspecified atom stereocenters. The fourth-order valence-electron chi connectivity index (χ4n) is 1.40. The lowest BCUT2D eigenvalue weighted by atomic mass is 10.2. The van der Waals surface area contributed by atoms with Crippen molar-refractivity contribution in [1.29, 1.82) is 0 Å². The maximum atomic E-state index is 5.31. The first kappa shape index (κ1) is 13.6. The first-order valence-electron chi connectivity index (χ1n) is 5.22. The molecule has 0 atom stereocenters. The summed E-state index contributed by atoms with van der Waals surface area (Å²) in [6, 6.07) is 4.60. The van der Waals surface area contributed by atoms with Crippen LogP contribution in [0.5, 0.6) is 11.5 Å². The fraction of sp³-hybridized carbons (Fsp3) is 0.500. The highest BCUT2D eigenvalue weighted by Gasteiger charge is 2.10. The van der Waals surface area contributed by atoms with E-state index >= 15 is 0 Å². The maximum Gasteiger partial charge on any atom is 0.174 e. The van der Waals surface area contributed by atoms with Crippen molar-refractivity contribution in [1.82, 2.24) is 5.32 Å². The molecular formula is C12H18INO2. The van der Waals surface area contributed by atoms with Crippen LogP contribution < -0.4 is 14.8 Å². The van der Waals surface area contributed by atoms with Crippen molar-refractivity contribution in [2.24, 2.45) is 0 Å². The average molecular weight is 335 g/mol. The van der Waals surface area contributed by atoms with Gasteiger partial charge in [-0.25, -0.2) is 0 Å². The standard InChI is InChI=1S/C12H18INO2/c1-8(2)14-7-9-5-10(13)12(16-4)11(6-9)15-3/h5-6,8,14H,7H2,1-4H3. The summed E-state index contributed by atoms with van der Waals surface area (Å²) in [6.07, 6.45) is 0. The molecule has 1 N–H and O–H groups in total. The zero-order chi connectivity index (χ0) is 12.1. The molecule has 0 bridgehead atoms. The molecule has 0 saturated carbocycles. The van der Waals surface area contributed by atoms with Gasteiger partial charge in [-0.1, -0.05) is 13.8 Å². The second-order valence-corrected chi connectivity index (χ2v) is 5.01. The lowest BCUT2D eigenvalue weighted by Gasteiger charge is -2.13. The molecule has 0 amide bonds. The van der Waals surface area contributed by atoms with Crippen LogP contribution in [0.3, 0.4) is 0 Å². The molecule has 1 aromatic rings. The van der Waals surface area contributed by atoms with Crippen molar-refractivity contribution in [2.75, 3.05) is 14.2 Å². The summed E-state index contributed by atoms with van der Waals surface area (Å²) in [5.74, 6) is 1.59. The van der Waals surface area contributed by atoms with E-state index in [0.29, 0.717) is 6.04 Å². The Morgan fingerprint density at radius 2 is 1.94 bits per heavy atom. The largest absolute Gasteiger partial charge is 0.493 e. The Morgan fingerprint density at radius 3 is 2.44 bits per heavy atom. The summed E-state index contributed by atoms with van der Waals surface area (Å²) in [5.41, 5.74) is 1.20. The summed E-state index contributed by atoms with van der Waals surface area (Å²) in [4.78, 5) is 0. The van der Waals surface area contributed by atoms with Gasteiger partial charge >= 0.3 is 0 Å². The zero-order valence-corrected chi connectivity index (χ0v) is 12.3. The molecule has 0 fully saturated rings. The summed E-state index contributed by atoms with van der Waals surface area (Å²) in [5, 5.41) is 3.38. The average Bonchev–Trinajstić information content (AvgIpc) is 2.25. The van der Waals surface area contributed by atoms with Gasteiger partial charge in [0.15, 0.2) is 11.5 Å². The first-order chi connectivity index (χ1) is 7.58. The highest BCUT2D eigenvalue weighted by atomic mass is 127. The molecule has 0 aliphatic rings. The Hall–Kier alpha value is -0.490. The smallest absolute Gasteiger partial charge is 0.174 e. The van der Waals surface area contributed by atoms with Gasteiger partial charge in [0.1, 0.15) is 0 Å². The van der Waals surface area contributed by atoms with Crippen LogP contribution in [0.1, 0.15) is 19.4 Å². The minimum atomic E-state index is 0.478. The van der Waals surface area contributed by atoms with Gasteiger partial charge in [-0.15, -0.1) is 0 Å². The van der Waals surface area contributed by atoms with Gasteiger partial charge in [0.05, 0.1) is 17.8 Å². The molecule has 4 heteroatoms. The first-order valence-corrected chi connectivity index (χ1v) is 6.30. The molecule has 3 nitrogen and oxygen atoms in total. The van der Waals surface area contributed by atoms with Gasteiger partial charge in [0.2, 0.25) is 0 Å². The fourth-order valence-corrected chi connectivity index (χ4v) is 2.28. The van der Waals surface area contributed by atoms with Crippen molar-refractivity contribution in [3.63, 3.8) is 0 Å². The van der Waals surface area contributed by atoms with Crippen LogP contribution in [-0.2, 0) is 6.54 Å².